The molecule has 0 fully saturated rings. The first-order valence-electron chi connectivity index (χ1n) is 8.95. The molecule has 3 N–H and O–H groups in total. The average molecular weight is 466 g/mol. The number of rotatable bonds is 7. The molecule has 0 saturated carbocycles. The van der Waals surface area contributed by atoms with Crippen molar-refractivity contribution in [3.05, 3.63) is 58.9 Å². The van der Waals surface area contributed by atoms with Gasteiger partial charge in [-0.2, -0.15) is 0 Å². The minimum Gasteiger partial charge on any atom is -0.324 e. The van der Waals surface area contributed by atoms with E-state index in [2.05, 4.69) is 15.5 Å². The standard InChI is InChI=1S/C19H20ClN5O3S2/c1-3-17-23-24-19(25(17)13-6-4-12(2)5-7-13)29-11-18(26)22-16-9-8-14(10-15(16)20)30(21,27)28/h4-10H,3,11H2,1-2H3,(H,22,26)(H2,21,27,28). The minimum atomic E-state index is -3.87. The minimum absolute atomic E-state index is 0.0704. The number of nitrogens with two attached hydrogens (primary N) is 1. The first-order valence-corrected chi connectivity index (χ1v) is 11.9. The SMILES string of the molecule is CCc1nnc(SCC(=O)Nc2ccc(S(N)(=O)=O)cc2Cl)n1-c1ccc(C)cc1. The number of primary sulfonamides is 1. The van der Waals surface area contributed by atoms with E-state index in [9.17, 15) is 13.2 Å². The Balaban J connectivity index is 1.73. The van der Waals surface area contributed by atoms with Gasteiger partial charge in [0.2, 0.25) is 15.9 Å². The monoisotopic (exact) mass is 465 g/mol. The fourth-order valence-corrected chi connectivity index (χ4v) is 4.27. The van der Waals surface area contributed by atoms with Gasteiger partial charge in [0, 0.05) is 12.1 Å². The van der Waals surface area contributed by atoms with Gasteiger partial charge in [0.1, 0.15) is 5.82 Å². The van der Waals surface area contributed by atoms with Gasteiger partial charge in [0.05, 0.1) is 21.4 Å². The maximum atomic E-state index is 12.4. The highest BCUT2D eigenvalue weighted by Gasteiger charge is 2.16. The van der Waals surface area contributed by atoms with Crippen LogP contribution in [0, 0.1) is 6.92 Å². The van der Waals surface area contributed by atoms with E-state index in [0.717, 1.165) is 17.1 Å². The normalized spacial score (nSPS) is 11.5. The van der Waals surface area contributed by atoms with Crippen LogP contribution < -0.4 is 10.5 Å². The van der Waals surface area contributed by atoms with Gasteiger partial charge in [-0.1, -0.05) is 48.0 Å². The summed E-state index contributed by atoms with van der Waals surface area (Å²) in [6.45, 7) is 4.00. The van der Waals surface area contributed by atoms with E-state index >= 15 is 0 Å². The molecule has 1 amide bonds. The van der Waals surface area contributed by atoms with Gasteiger partial charge in [0.15, 0.2) is 5.16 Å². The van der Waals surface area contributed by atoms with Crippen LogP contribution in [0.1, 0.15) is 18.3 Å². The molecular weight excluding hydrogens is 446 g/mol. The zero-order valence-electron chi connectivity index (χ0n) is 16.3. The third-order valence-corrected chi connectivity index (χ3v) is 6.34. The van der Waals surface area contributed by atoms with Crippen molar-refractivity contribution in [2.45, 2.75) is 30.3 Å². The van der Waals surface area contributed by atoms with Gasteiger partial charge < -0.3 is 5.32 Å². The van der Waals surface area contributed by atoms with Crippen LogP contribution in [0.15, 0.2) is 52.5 Å². The number of halogens is 1. The van der Waals surface area contributed by atoms with Crippen molar-refractivity contribution in [1.29, 1.82) is 0 Å². The molecule has 1 aromatic heterocycles. The molecule has 0 aliphatic carbocycles. The number of nitrogens with one attached hydrogen (secondary N) is 1. The van der Waals surface area contributed by atoms with Gasteiger partial charge in [-0.05, 0) is 37.3 Å². The highest BCUT2D eigenvalue weighted by Crippen LogP contribution is 2.26. The van der Waals surface area contributed by atoms with Gasteiger partial charge in [-0.15, -0.1) is 10.2 Å². The number of aryl methyl sites for hydroxylation is 2. The molecule has 8 nitrogen and oxygen atoms in total. The van der Waals surface area contributed by atoms with E-state index in [1.165, 1.54) is 30.0 Å². The third kappa shape index (κ3) is 5.20. The van der Waals surface area contributed by atoms with Crippen LogP contribution >= 0.6 is 23.4 Å². The van der Waals surface area contributed by atoms with E-state index in [1.807, 2.05) is 42.7 Å². The molecule has 0 unspecified atom stereocenters. The number of thioether (sulfide) groups is 1. The van der Waals surface area contributed by atoms with Gasteiger partial charge in [0.25, 0.3) is 0 Å². The van der Waals surface area contributed by atoms with Crippen LogP contribution in [-0.4, -0.2) is 34.8 Å². The first-order chi connectivity index (χ1) is 14.2. The molecule has 3 aromatic rings. The van der Waals surface area contributed by atoms with Gasteiger partial charge >= 0.3 is 0 Å². The Labute approximate surface area is 183 Å². The number of amides is 1. The van der Waals surface area contributed by atoms with E-state index in [4.69, 9.17) is 16.7 Å². The van der Waals surface area contributed by atoms with Crippen LogP contribution in [0.2, 0.25) is 5.02 Å². The Bertz CT molecular complexity index is 1180. The average Bonchev–Trinajstić information content (AvgIpc) is 3.11. The molecule has 0 atom stereocenters. The fourth-order valence-electron chi connectivity index (χ4n) is 2.67. The van der Waals surface area contributed by atoms with Crippen molar-refractivity contribution in [1.82, 2.24) is 14.8 Å². The summed E-state index contributed by atoms with van der Waals surface area (Å²) in [5.41, 5.74) is 2.36. The molecular formula is C19H20ClN5O3S2. The van der Waals surface area contributed by atoms with Crippen molar-refractivity contribution in [3.63, 3.8) is 0 Å². The molecule has 1 heterocycles. The number of carbonyl (C=O) groups excluding carboxylic acids is 1. The third-order valence-electron chi connectivity index (χ3n) is 4.18. The highest BCUT2D eigenvalue weighted by atomic mass is 35.5. The fraction of sp³-hybridized carbons (Fsp3) is 0.211. The van der Waals surface area contributed by atoms with Crippen LogP contribution in [-0.2, 0) is 21.2 Å². The smallest absolute Gasteiger partial charge is 0.238 e. The van der Waals surface area contributed by atoms with Crippen molar-refractivity contribution in [3.8, 4) is 5.69 Å². The summed E-state index contributed by atoms with van der Waals surface area (Å²) in [4.78, 5) is 12.3. The number of carbonyl (C=O) groups is 1. The summed E-state index contributed by atoms with van der Waals surface area (Å²) >= 11 is 7.31. The lowest BCUT2D eigenvalue weighted by Gasteiger charge is -2.10. The van der Waals surface area contributed by atoms with Crippen LogP contribution in [0.25, 0.3) is 5.69 Å². The first kappa shape index (κ1) is 22.3. The number of hydrogen-bond acceptors (Lipinski definition) is 6. The Morgan fingerprint density at radius 3 is 2.50 bits per heavy atom. The molecule has 0 bridgehead atoms. The summed E-state index contributed by atoms with van der Waals surface area (Å²) < 4.78 is 24.7. The van der Waals surface area contributed by atoms with E-state index < -0.39 is 10.0 Å². The van der Waals surface area contributed by atoms with Crippen molar-refractivity contribution in [2.24, 2.45) is 5.14 Å². The Morgan fingerprint density at radius 2 is 1.90 bits per heavy atom. The maximum absolute atomic E-state index is 12.4. The number of benzene rings is 2. The van der Waals surface area contributed by atoms with E-state index in [-0.39, 0.29) is 21.6 Å². The molecule has 0 aliphatic rings. The molecule has 0 radical (unpaired) electrons. The van der Waals surface area contributed by atoms with Crippen molar-refractivity contribution < 1.29 is 13.2 Å². The Kier molecular flexibility index (Phi) is 6.81. The molecule has 2 aromatic carbocycles. The molecule has 158 valence electrons. The maximum Gasteiger partial charge on any atom is 0.238 e. The van der Waals surface area contributed by atoms with Crippen LogP contribution in [0.5, 0.6) is 0 Å². The summed E-state index contributed by atoms with van der Waals surface area (Å²) in [6.07, 6.45) is 0.694. The molecule has 11 heteroatoms. The largest absolute Gasteiger partial charge is 0.324 e. The quantitative estimate of drug-likeness (QED) is 0.517. The second-order valence-electron chi connectivity index (χ2n) is 6.45. The second-order valence-corrected chi connectivity index (χ2v) is 9.36. The van der Waals surface area contributed by atoms with Gasteiger partial charge in [-0.3, -0.25) is 9.36 Å². The predicted octanol–water partition coefficient (Wildman–Crippen LogP) is 3.17. The number of anilines is 1. The summed E-state index contributed by atoms with van der Waals surface area (Å²) in [6, 6.07) is 11.8. The highest BCUT2D eigenvalue weighted by molar-refractivity contribution is 7.99. The zero-order valence-corrected chi connectivity index (χ0v) is 18.7. The van der Waals surface area contributed by atoms with Gasteiger partial charge in [-0.25, -0.2) is 13.6 Å². The molecule has 0 spiro atoms. The lowest BCUT2D eigenvalue weighted by atomic mass is 10.2. The molecule has 30 heavy (non-hydrogen) atoms. The summed E-state index contributed by atoms with van der Waals surface area (Å²) in [5.74, 6) is 0.547. The lowest BCUT2D eigenvalue weighted by molar-refractivity contribution is -0.113. The van der Waals surface area contributed by atoms with E-state index in [0.29, 0.717) is 17.3 Å². The second kappa shape index (κ2) is 9.17. The summed E-state index contributed by atoms with van der Waals surface area (Å²) in [5, 5.41) is 16.8. The Morgan fingerprint density at radius 1 is 1.20 bits per heavy atom. The molecule has 0 aliphatic heterocycles. The van der Waals surface area contributed by atoms with Crippen molar-refractivity contribution in [2.75, 3.05) is 11.1 Å². The molecule has 0 saturated heterocycles. The number of sulfonamides is 1. The van der Waals surface area contributed by atoms with E-state index in [1.54, 1.807) is 0 Å². The predicted molar refractivity (Wildman–Crippen MR) is 118 cm³/mol. The Hall–Kier alpha value is -2.40. The lowest BCUT2D eigenvalue weighted by Crippen LogP contribution is -2.16. The summed E-state index contributed by atoms with van der Waals surface area (Å²) in [7, 11) is -3.87. The molecule has 3 rings (SSSR count). The number of nitrogens with zero attached hydrogens (tertiary/aromatic N) is 3. The number of hydrogen-bond donors (Lipinski definition) is 2. The zero-order chi connectivity index (χ0) is 21.9. The number of aromatic nitrogens is 3. The van der Waals surface area contributed by atoms with Crippen LogP contribution in [0.4, 0.5) is 5.69 Å². The van der Waals surface area contributed by atoms with Crippen molar-refractivity contribution >= 4 is 45.0 Å². The van der Waals surface area contributed by atoms with Crippen LogP contribution in [0.3, 0.4) is 0 Å². The topological polar surface area (TPSA) is 120 Å².